The van der Waals surface area contributed by atoms with Crippen LogP contribution in [0.3, 0.4) is 0 Å². The first-order valence-corrected chi connectivity index (χ1v) is 2.67. The minimum Gasteiger partial charge on any atom is -0.392 e. The van der Waals surface area contributed by atoms with Crippen molar-refractivity contribution in [3.05, 3.63) is 11.1 Å². The summed E-state index contributed by atoms with van der Waals surface area (Å²) in [5.74, 6) is 0. The molecule has 0 atom stereocenters. The van der Waals surface area contributed by atoms with Crippen LogP contribution < -0.4 is 0 Å². The lowest BCUT2D eigenvalue weighted by molar-refractivity contribution is 0.328. The van der Waals surface area contributed by atoms with E-state index in [1.807, 2.05) is 6.92 Å². The average molecular weight is 121 g/mol. The smallest absolute Gasteiger partial charge is 0.0653 e. The Morgan fingerprint density at radius 1 is 1.86 bits per heavy atom. The average Bonchev–Trinajstić information content (AvgIpc) is 1.72. The minimum atomic E-state index is 0.0833. The molecule has 0 heterocycles. The fourth-order valence-corrected chi connectivity index (χ4v) is 0.447. The van der Waals surface area contributed by atoms with E-state index in [0.717, 1.165) is 12.0 Å². The monoisotopic (exact) mass is 120 g/mol. The standard InChI is InChI=1S/C5H9ClO/c1-2-5(3-6)4-7/h3,7H,2,4H2,1H3. The van der Waals surface area contributed by atoms with Crippen LogP contribution in [0.4, 0.5) is 0 Å². The van der Waals surface area contributed by atoms with E-state index < -0.39 is 0 Å². The van der Waals surface area contributed by atoms with Crippen LogP contribution in [0.5, 0.6) is 0 Å². The Hall–Kier alpha value is -0.0100. The number of hydrogen-bond acceptors (Lipinski definition) is 1. The predicted molar refractivity (Wildman–Crippen MR) is 31.3 cm³/mol. The molecule has 0 aliphatic carbocycles. The molecule has 0 radical (unpaired) electrons. The van der Waals surface area contributed by atoms with Gasteiger partial charge in [0.2, 0.25) is 0 Å². The third-order valence-corrected chi connectivity index (χ3v) is 1.12. The topological polar surface area (TPSA) is 20.2 Å². The summed E-state index contributed by atoms with van der Waals surface area (Å²) in [6, 6.07) is 0. The maximum atomic E-state index is 8.37. The lowest BCUT2D eigenvalue weighted by Crippen LogP contribution is -1.84. The third-order valence-electron chi connectivity index (χ3n) is 0.812. The molecule has 0 bridgehead atoms. The summed E-state index contributed by atoms with van der Waals surface area (Å²) < 4.78 is 0. The van der Waals surface area contributed by atoms with Crippen molar-refractivity contribution < 1.29 is 5.11 Å². The first kappa shape index (κ1) is 6.99. The highest BCUT2D eigenvalue weighted by molar-refractivity contribution is 6.25. The Labute approximate surface area is 48.6 Å². The van der Waals surface area contributed by atoms with E-state index in [1.54, 1.807) is 0 Å². The second-order valence-corrected chi connectivity index (χ2v) is 1.50. The molecule has 0 aromatic rings. The molecule has 0 aliphatic heterocycles. The van der Waals surface area contributed by atoms with Gasteiger partial charge in [-0.25, -0.2) is 0 Å². The van der Waals surface area contributed by atoms with Crippen molar-refractivity contribution >= 4 is 11.6 Å². The zero-order valence-electron chi connectivity index (χ0n) is 4.32. The van der Waals surface area contributed by atoms with E-state index in [9.17, 15) is 0 Å². The van der Waals surface area contributed by atoms with Gasteiger partial charge < -0.3 is 5.11 Å². The van der Waals surface area contributed by atoms with Gasteiger partial charge in [0.1, 0.15) is 0 Å². The van der Waals surface area contributed by atoms with Crippen LogP contribution in [-0.4, -0.2) is 11.7 Å². The van der Waals surface area contributed by atoms with Crippen molar-refractivity contribution in [1.29, 1.82) is 0 Å². The quantitative estimate of drug-likeness (QED) is 0.586. The number of hydrogen-bond donors (Lipinski definition) is 1. The predicted octanol–water partition coefficient (Wildman–Crippen LogP) is 1.51. The minimum absolute atomic E-state index is 0.0833. The first-order chi connectivity index (χ1) is 3.35. The van der Waals surface area contributed by atoms with Gasteiger partial charge >= 0.3 is 0 Å². The molecule has 0 aromatic heterocycles. The van der Waals surface area contributed by atoms with Crippen LogP contribution in [0.2, 0.25) is 0 Å². The Kier molecular flexibility index (Phi) is 4.15. The van der Waals surface area contributed by atoms with E-state index in [1.165, 1.54) is 5.54 Å². The molecule has 0 aliphatic rings. The van der Waals surface area contributed by atoms with Gasteiger partial charge in [0, 0.05) is 5.54 Å². The summed E-state index contributed by atoms with van der Waals surface area (Å²) in [6.07, 6.45) is 0.833. The van der Waals surface area contributed by atoms with Gasteiger partial charge in [-0.3, -0.25) is 0 Å². The van der Waals surface area contributed by atoms with Gasteiger partial charge in [0.05, 0.1) is 6.61 Å². The van der Waals surface area contributed by atoms with E-state index >= 15 is 0 Å². The molecule has 0 amide bonds. The van der Waals surface area contributed by atoms with Crippen LogP contribution >= 0.6 is 11.6 Å². The summed E-state index contributed by atoms with van der Waals surface area (Å²) in [4.78, 5) is 0. The Morgan fingerprint density at radius 2 is 2.43 bits per heavy atom. The number of aliphatic hydroxyl groups is 1. The summed E-state index contributed by atoms with van der Waals surface area (Å²) in [7, 11) is 0. The Bertz CT molecular complexity index is 62.5. The van der Waals surface area contributed by atoms with Crippen LogP contribution in [0.1, 0.15) is 13.3 Å². The summed E-state index contributed by atoms with van der Waals surface area (Å²) in [5, 5.41) is 8.37. The normalized spacial score (nSPS) is 12.1. The molecule has 0 saturated carbocycles. The van der Waals surface area contributed by atoms with Gasteiger partial charge in [-0.15, -0.1) is 0 Å². The molecule has 0 fully saturated rings. The molecule has 0 unspecified atom stereocenters. The molecule has 0 rings (SSSR count). The number of aliphatic hydroxyl groups excluding tert-OH is 1. The molecular formula is C5H9ClO. The van der Waals surface area contributed by atoms with E-state index in [2.05, 4.69) is 0 Å². The van der Waals surface area contributed by atoms with Gasteiger partial charge in [0.25, 0.3) is 0 Å². The molecule has 1 nitrogen and oxygen atoms in total. The molecule has 1 N–H and O–H groups in total. The Balaban J connectivity index is 3.38. The van der Waals surface area contributed by atoms with Crippen LogP contribution in [0, 0.1) is 0 Å². The SMILES string of the molecule is CCC(=CCl)CO. The lowest BCUT2D eigenvalue weighted by Gasteiger charge is -1.91. The fourth-order valence-electron chi connectivity index (χ4n) is 0.223. The highest BCUT2D eigenvalue weighted by atomic mass is 35.5. The molecule has 42 valence electrons. The fraction of sp³-hybridized carbons (Fsp3) is 0.600. The van der Waals surface area contributed by atoms with Gasteiger partial charge in [-0.1, -0.05) is 18.5 Å². The lowest BCUT2D eigenvalue weighted by atomic mass is 10.3. The van der Waals surface area contributed by atoms with E-state index in [0.29, 0.717) is 0 Å². The summed E-state index contributed by atoms with van der Waals surface area (Å²) in [5.41, 5.74) is 2.29. The molecule has 2 heteroatoms. The highest BCUT2D eigenvalue weighted by Crippen LogP contribution is 1.98. The molecule has 0 aromatic carbocycles. The third kappa shape index (κ3) is 2.66. The molecule has 7 heavy (non-hydrogen) atoms. The van der Waals surface area contributed by atoms with Crippen molar-refractivity contribution in [2.75, 3.05) is 6.61 Å². The van der Waals surface area contributed by atoms with Gasteiger partial charge in [-0.05, 0) is 12.0 Å². The number of rotatable bonds is 2. The van der Waals surface area contributed by atoms with Crippen molar-refractivity contribution in [3.8, 4) is 0 Å². The number of halogens is 1. The Morgan fingerprint density at radius 3 is 2.43 bits per heavy atom. The van der Waals surface area contributed by atoms with Crippen molar-refractivity contribution in [2.45, 2.75) is 13.3 Å². The zero-order chi connectivity index (χ0) is 5.70. The summed E-state index contributed by atoms with van der Waals surface area (Å²) >= 11 is 5.25. The van der Waals surface area contributed by atoms with Crippen molar-refractivity contribution in [2.24, 2.45) is 0 Å². The van der Waals surface area contributed by atoms with Crippen molar-refractivity contribution in [1.82, 2.24) is 0 Å². The van der Waals surface area contributed by atoms with Gasteiger partial charge in [0.15, 0.2) is 0 Å². The second-order valence-electron chi connectivity index (χ2n) is 1.28. The summed E-state index contributed by atoms with van der Waals surface area (Å²) in [6.45, 7) is 2.03. The second kappa shape index (κ2) is 4.16. The van der Waals surface area contributed by atoms with E-state index in [-0.39, 0.29) is 6.61 Å². The molecule has 0 saturated heterocycles. The maximum Gasteiger partial charge on any atom is 0.0653 e. The van der Waals surface area contributed by atoms with Crippen LogP contribution in [0.15, 0.2) is 11.1 Å². The first-order valence-electron chi connectivity index (χ1n) is 2.24. The maximum absolute atomic E-state index is 8.37. The van der Waals surface area contributed by atoms with E-state index in [4.69, 9.17) is 16.7 Å². The zero-order valence-corrected chi connectivity index (χ0v) is 5.07. The molecular weight excluding hydrogens is 112 g/mol. The van der Waals surface area contributed by atoms with Gasteiger partial charge in [-0.2, -0.15) is 0 Å². The van der Waals surface area contributed by atoms with Crippen LogP contribution in [-0.2, 0) is 0 Å². The van der Waals surface area contributed by atoms with Crippen molar-refractivity contribution in [3.63, 3.8) is 0 Å². The highest BCUT2D eigenvalue weighted by Gasteiger charge is 1.84. The molecule has 0 spiro atoms. The van der Waals surface area contributed by atoms with Crippen LogP contribution in [0.25, 0.3) is 0 Å². The largest absolute Gasteiger partial charge is 0.392 e.